The smallest absolute Gasteiger partial charge is 0.468 e. The Morgan fingerprint density at radius 1 is 1.11 bits per heavy atom. The van der Waals surface area contributed by atoms with Crippen LogP contribution in [0, 0.1) is 5.82 Å². The van der Waals surface area contributed by atoms with Crippen molar-refractivity contribution < 1.29 is 46.0 Å². The first-order chi connectivity index (χ1) is 13.3. The van der Waals surface area contributed by atoms with E-state index in [1.54, 1.807) is 0 Å². The number of rotatable bonds is 8. The second-order valence-electron chi connectivity index (χ2n) is 5.64. The van der Waals surface area contributed by atoms with Gasteiger partial charge in [-0.2, -0.15) is 0 Å². The lowest BCUT2D eigenvalue weighted by Gasteiger charge is -2.11. The summed E-state index contributed by atoms with van der Waals surface area (Å²) in [6.07, 6.45) is -4.90. The van der Waals surface area contributed by atoms with Gasteiger partial charge >= 0.3 is 12.3 Å². The number of esters is 1. The van der Waals surface area contributed by atoms with Gasteiger partial charge in [-0.1, -0.05) is 0 Å². The third kappa shape index (κ3) is 6.10. The molecule has 2 aromatic carbocycles. The summed E-state index contributed by atoms with van der Waals surface area (Å²) in [5.41, 5.74) is 0.135. The van der Waals surface area contributed by atoms with E-state index in [0.29, 0.717) is 25.0 Å². The SMILES string of the molecule is O=C(Oc1ccc(OC(F)(F)F)c(F)c1)c1ccc(OCOCC2CO2)cc1. The van der Waals surface area contributed by atoms with Gasteiger partial charge in [-0.05, 0) is 36.4 Å². The normalized spacial score (nSPS) is 15.8. The van der Waals surface area contributed by atoms with Crippen molar-refractivity contribution in [1.82, 2.24) is 0 Å². The lowest BCUT2D eigenvalue weighted by atomic mass is 10.2. The number of epoxide rings is 1. The van der Waals surface area contributed by atoms with Gasteiger partial charge < -0.3 is 23.7 Å². The Morgan fingerprint density at radius 3 is 2.39 bits per heavy atom. The number of carbonyl (C=O) groups is 1. The topological polar surface area (TPSA) is 66.5 Å². The number of hydrogen-bond donors (Lipinski definition) is 0. The molecule has 0 amide bonds. The van der Waals surface area contributed by atoms with Crippen molar-refractivity contribution in [2.75, 3.05) is 20.0 Å². The Balaban J connectivity index is 1.52. The molecular weight excluding hydrogens is 388 g/mol. The molecule has 1 atom stereocenters. The van der Waals surface area contributed by atoms with Gasteiger partial charge in [0.25, 0.3) is 0 Å². The van der Waals surface area contributed by atoms with Crippen molar-refractivity contribution in [1.29, 1.82) is 0 Å². The molecule has 10 heteroatoms. The fourth-order valence-electron chi connectivity index (χ4n) is 2.06. The molecular formula is C18H14F4O6. The van der Waals surface area contributed by atoms with Crippen LogP contribution in [0.15, 0.2) is 42.5 Å². The number of hydrogen-bond acceptors (Lipinski definition) is 6. The average molecular weight is 402 g/mol. The Morgan fingerprint density at radius 2 is 1.79 bits per heavy atom. The standard InChI is InChI=1S/C18H14F4O6/c19-15-7-13(5-6-16(15)28-18(20,21)22)27-17(23)11-1-3-12(4-2-11)26-10-24-8-14-9-25-14/h1-7,14H,8-10H2. The highest BCUT2D eigenvalue weighted by Gasteiger charge is 2.32. The van der Waals surface area contributed by atoms with E-state index in [9.17, 15) is 22.4 Å². The second-order valence-corrected chi connectivity index (χ2v) is 5.64. The van der Waals surface area contributed by atoms with Crippen molar-refractivity contribution in [3.05, 3.63) is 53.8 Å². The van der Waals surface area contributed by atoms with Crippen LogP contribution in [-0.4, -0.2) is 38.4 Å². The number of carbonyl (C=O) groups excluding carboxylic acids is 1. The first-order valence-corrected chi connectivity index (χ1v) is 8.00. The fourth-order valence-corrected chi connectivity index (χ4v) is 2.06. The molecule has 3 rings (SSSR count). The van der Waals surface area contributed by atoms with E-state index < -0.39 is 23.9 Å². The van der Waals surface area contributed by atoms with Crippen molar-refractivity contribution in [3.63, 3.8) is 0 Å². The number of ether oxygens (including phenoxy) is 5. The number of alkyl halides is 3. The summed E-state index contributed by atoms with van der Waals surface area (Å²) in [4.78, 5) is 12.1. The molecule has 1 aliphatic rings. The molecule has 1 unspecified atom stereocenters. The summed E-state index contributed by atoms with van der Waals surface area (Å²) in [6, 6.07) is 8.17. The maximum atomic E-state index is 13.6. The lowest BCUT2D eigenvalue weighted by Crippen LogP contribution is -2.18. The lowest BCUT2D eigenvalue weighted by molar-refractivity contribution is -0.275. The average Bonchev–Trinajstić information content (AvgIpc) is 3.45. The van der Waals surface area contributed by atoms with Crippen LogP contribution in [0.4, 0.5) is 17.6 Å². The van der Waals surface area contributed by atoms with Crippen molar-refractivity contribution in [2.45, 2.75) is 12.5 Å². The summed E-state index contributed by atoms with van der Waals surface area (Å²) in [6.45, 7) is 1.14. The molecule has 0 bridgehead atoms. The van der Waals surface area contributed by atoms with Gasteiger partial charge in [-0.25, -0.2) is 9.18 Å². The second kappa shape index (κ2) is 8.44. The van der Waals surface area contributed by atoms with Crippen LogP contribution in [0.5, 0.6) is 17.2 Å². The highest BCUT2D eigenvalue weighted by Crippen LogP contribution is 2.28. The summed E-state index contributed by atoms with van der Waals surface area (Å²) in [5, 5.41) is 0. The largest absolute Gasteiger partial charge is 0.573 e. The van der Waals surface area contributed by atoms with Crippen molar-refractivity contribution >= 4 is 5.97 Å². The summed E-state index contributed by atoms with van der Waals surface area (Å²) < 4.78 is 74.0. The molecule has 2 aromatic rings. The zero-order valence-electron chi connectivity index (χ0n) is 14.2. The van der Waals surface area contributed by atoms with Gasteiger partial charge in [-0.15, -0.1) is 13.2 Å². The van der Waals surface area contributed by atoms with E-state index in [0.717, 1.165) is 12.1 Å². The Labute approximate surface area is 156 Å². The Hall–Kier alpha value is -2.85. The van der Waals surface area contributed by atoms with Crippen LogP contribution in [0.2, 0.25) is 0 Å². The van der Waals surface area contributed by atoms with Gasteiger partial charge in [0.05, 0.1) is 18.8 Å². The molecule has 1 fully saturated rings. The predicted octanol–water partition coefficient (Wildman–Crippen LogP) is 3.70. The Kier molecular flexibility index (Phi) is 6.00. The summed E-state index contributed by atoms with van der Waals surface area (Å²) >= 11 is 0. The summed E-state index contributed by atoms with van der Waals surface area (Å²) in [5.74, 6) is -2.98. The molecule has 0 saturated carbocycles. The maximum absolute atomic E-state index is 13.6. The quantitative estimate of drug-likeness (QED) is 0.168. The minimum atomic E-state index is -5.03. The van der Waals surface area contributed by atoms with E-state index in [4.69, 9.17) is 18.9 Å². The molecule has 28 heavy (non-hydrogen) atoms. The van der Waals surface area contributed by atoms with Crippen molar-refractivity contribution in [3.8, 4) is 17.2 Å². The third-order valence-corrected chi connectivity index (χ3v) is 3.44. The zero-order valence-corrected chi connectivity index (χ0v) is 14.2. The maximum Gasteiger partial charge on any atom is 0.573 e. The van der Waals surface area contributed by atoms with Gasteiger partial charge in [0, 0.05) is 6.07 Å². The van der Waals surface area contributed by atoms with Crippen LogP contribution in [-0.2, 0) is 9.47 Å². The molecule has 1 saturated heterocycles. The highest BCUT2D eigenvalue weighted by atomic mass is 19.4. The van der Waals surface area contributed by atoms with E-state index in [1.165, 1.54) is 24.3 Å². The van der Waals surface area contributed by atoms with E-state index in [2.05, 4.69) is 4.74 Å². The van der Waals surface area contributed by atoms with Gasteiger partial charge in [0.2, 0.25) is 0 Å². The summed E-state index contributed by atoms with van der Waals surface area (Å²) in [7, 11) is 0. The first kappa shape index (κ1) is 19.9. The fraction of sp³-hybridized carbons (Fsp3) is 0.278. The van der Waals surface area contributed by atoms with Crippen LogP contribution >= 0.6 is 0 Å². The van der Waals surface area contributed by atoms with Gasteiger partial charge in [-0.3, -0.25) is 0 Å². The van der Waals surface area contributed by atoms with E-state index in [-0.39, 0.29) is 24.2 Å². The molecule has 6 nitrogen and oxygen atoms in total. The van der Waals surface area contributed by atoms with Gasteiger partial charge in [0.15, 0.2) is 18.4 Å². The minimum Gasteiger partial charge on any atom is -0.468 e. The third-order valence-electron chi connectivity index (χ3n) is 3.44. The molecule has 150 valence electrons. The highest BCUT2D eigenvalue weighted by molar-refractivity contribution is 5.91. The number of benzene rings is 2. The monoisotopic (exact) mass is 402 g/mol. The van der Waals surface area contributed by atoms with E-state index >= 15 is 0 Å². The predicted molar refractivity (Wildman–Crippen MR) is 85.7 cm³/mol. The molecule has 0 radical (unpaired) electrons. The zero-order chi connectivity index (χ0) is 20.1. The Bertz CT molecular complexity index is 818. The molecule has 0 aliphatic carbocycles. The molecule has 0 aromatic heterocycles. The first-order valence-electron chi connectivity index (χ1n) is 8.00. The molecule has 0 spiro atoms. The van der Waals surface area contributed by atoms with Crippen LogP contribution < -0.4 is 14.2 Å². The minimum absolute atomic E-state index is 0.0231. The molecule has 1 aliphatic heterocycles. The van der Waals surface area contributed by atoms with Crippen LogP contribution in [0.3, 0.4) is 0 Å². The molecule has 0 N–H and O–H groups in total. The van der Waals surface area contributed by atoms with Crippen LogP contribution in [0.1, 0.15) is 10.4 Å². The van der Waals surface area contributed by atoms with E-state index in [1.807, 2.05) is 0 Å². The molecule has 1 heterocycles. The van der Waals surface area contributed by atoms with Crippen molar-refractivity contribution in [2.24, 2.45) is 0 Å². The number of halogens is 4. The van der Waals surface area contributed by atoms with Gasteiger partial charge in [0.1, 0.15) is 17.6 Å². The van der Waals surface area contributed by atoms with Crippen LogP contribution in [0.25, 0.3) is 0 Å².